The second kappa shape index (κ2) is 7.46. The normalized spacial score (nSPS) is 17.6. The van der Waals surface area contributed by atoms with Gasteiger partial charge in [-0.15, -0.1) is 12.4 Å². The summed E-state index contributed by atoms with van der Waals surface area (Å²) in [5.41, 5.74) is 0. The molecule has 0 radical (unpaired) electrons. The highest BCUT2D eigenvalue weighted by atomic mass is 35.5. The van der Waals surface area contributed by atoms with E-state index < -0.39 is 5.97 Å². The van der Waals surface area contributed by atoms with Gasteiger partial charge >= 0.3 is 11.9 Å². The first kappa shape index (κ1) is 15.2. The second-order valence-corrected chi connectivity index (χ2v) is 3.70. The number of piperidine rings is 1. The Morgan fingerprint density at radius 3 is 2.38 bits per heavy atom. The smallest absolute Gasteiger partial charge is 0.317 e. The maximum atomic E-state index is 11.4. The van der Waals surface area contributed by atoms with Crippen LogP contribution in [0.4, 0.5) is 0 Å². The van der Waals surface area contributed by atoms with E-state index in [-0.39, 0.29) is 30.8 Å². The number of carboxylic acids is 1. The highest BCUT2D eigenvalue weighted by Gasteiger charge is 2.26. The summed E-state index contributed by atoms with van der Waals surface area (Å²) in [4.78, 5) is 23.7. The minimum absolute atomic E-state index is 0. The van der Waals surface area contributed by atoms with Gasteiger partial charge in [0.2, 0.25) is 0 Å². The molecule has 16 heavy (non-hydrogen) atoms. The van der Waals surface area contributed by atoms with E-state index in [4.69, 9.17) is 9.84 Å². The van der Waals surface area contributed by atoms with Crippen LogP contribution in [-0.4, -0.2) is 48.2 Å². The third-order valence-corrected chi connectivity index (χ3v) is 2.57. The Kier molecular flexibility index (Phi) is 7.08. The van der Waals surface area contributed by atoms with Crippen LogP contribution in [0.2, 0.25) is 0 Å². The molecule has 0 aliphatic carbocycles. The first-order valence-corrected chi connectivity index (χ1v) is 5.24. The number of hydrogen-bond donors (Lipinski definition) is 1. The molecular weight excluding hydrogens is 234 g/mol. The Morgan fingerprint density at radius 2 is 1.94 bits per heavy atom. The van der Waals surface area contributed by atoms with Gasteiger partial charge in [-0.1, -0.05) is 0 Å². The van der Waals surface area contributed by atoms with Crippen LogP contribution in [0.1, 0.15) is 19.8 Å². The molecule has 1 rings (SSSR count). The zero-order valence-corrected chi connectivity index (χ0v) is 10.2. The topological polar surface area (TPSA) is 66.8 Å². The van der Waals surface area contributed by atoms with Crippen molar-refractivity contribution in [2.45, 2.75) is 19.8 Å². The van der Waals surface area contributed by atoms with Crippen molar-refractivity contribution < 1.29 is 19.4 Å². The molecule has 94 valence electrons. The van der Waals surface area contributed by atoms with Gasteiger partial charge in [-0.3, -0.25) is 14.5 Å². The van der Waals surface area contributed by atoms with E-state index in [0.29, 0.717) is 32.5 Å². The van der Waals surface area contributed by atoms with Crippen molar-refractivity contribution in [1.29, 1.82) is 0 Å². The number of esters is 1. The Balaban J connectivity index is 0.00000225. The molecule has 0 bridgehead atoms. The number of nitrogens with zero attached hydrogens (tertiary/aromatic N) is 1. The molecule has 0 amide bonds. The number of ether oxygens (including phenoxy) is 1. The molecule has 0 aromatic carbocycles. The summed E-state index contributed by atoms with van der Waals surface area (Å²) in [7, 11) is 0. The zero-order valence-electron chi connectivity index (χ0n) is 9.35. The fourth-order valence-corrected chi connectivity index (χ4v) is 1.78. The minimum atomic E-state index is -0.815. The number of halogens is 1. The van der Waals surface area contributed by atoms with Crippen molar-refractivity contribution in [2.24, 2.45) is 5.92 Å². The molecule has 1 aliphatic heterocycles. The number of rotatable bonds is 4. The molecule has 5 nitrogen and oxygen atoms in total. The Morgan fingerprint density at radius 1 is 1.38 bits per heavy atom. The summed E-state index contributed by atoms with van der Waals surface area (Å²) < 4.78 is 4.92. The fourth-order valence-electron chi connectivity index (χ4n) is 1.78. The average Bonchev–Trinajstić information content (AvgIpc) is 2.18. The number of carbonyl (C=O) groups is 2. The molecular formula is C10H18ClNO4. The third kappa shape index (κ3) is 4.81. The summed E-state index contributed by atoms with van der Waals surface area (Å²) in [5, 5.41) is 8.59. The van der Waals surface area contributed by atoms with Crippen molar-refractivity contribution in [3.8, 4) is 0 Å². The first-order valence-electron chi connectivity index (χ1n) is 5.24. The number of aliphatic carboxylic acids is 1. The molecule has 6 heteroatoms. The van der Waals surface area contributed by atoms with Crippen LogP contribution < -0.4 is 0 Å². The summed E-state index contributed by atoms with van der Waals surface area (Å²) in [6.45, 7) is 3.59. The van der Waals surface area contributed by atoms with Crippen LogP contribution in [0.15, 0.2) is 0 Å². The van der Waals surface area contributed by atoms with Crippen LogP contribution in [0.5, 0.6) is 0 Å². The SMILES string of the molecule is CCOC(=O)C1CCN(CC(=O)O)CC1.Cl. The van der Waals surface area contributed by atoms with E-state index in [9.17, 15) is 9.59 Å². The molecule has 0 atom stereocenters. The molecule has 0 aromatic heterocycles. The van der Waals surface area contributed by atoms with Gasteiger partial charge in [0.25, 0.3) is 0 Å². The van der Waals surface area contributed by atoms with E-state index in [1.54, 1.807) is 6.92 Å². The lowest BCUT2D eigenvalue weighted by Gasteiger charge is -2.29. The number of carbonyl (C=O) groups excluding carboxylic acids is 1. The van der Waals surface area contributed by atoms with Gasteiger partial charge in [0.05, 0.1) is 19.1 Å². The van der Waals surface area contributed by atoms with Crippen molar-refractivity contribution in [2.75, 3.05) is 26.2 Å². The van der Waals surface area contributed by atoms with Crippen molar-refractivity contribution in [3.05, 3.63) is 0 Å². The third-order valence-electron chi connectivity index (χ3n) is 2.57. The predicted molar refractivity (Wildman–Crippen MR) is 60.7 cm³/mol. The van der Waals surface area contributed by atoms with Crippen molar-refractivity contribution >= 4 is 24.3 Å². The average molecular weight is 252 g/mol. The van der Waals surface area contributed by atoms with E-state index in [0.717, 1.165) is 0 Å². The van der Waals surface area contributed by atoms with Crippen LogP contribution in [0.3, 0.4) is 0 Å². The molecule has 1 aliphatic rings. The van der Waals surface area contributed by atoms with E-state index in [1.807, 2.05) is 4.90 Å². The highest BCUT2D eigenvalue weighted by Crippen LogP contribution is 2.18. The van der Waals surface area contributed by atoms with Crippen LogP contribution in [0, 0.1) is 5.92 Å². The standard InChI is InChI=1S/C10H17NO4.ClH/c1-2-15-10(14)8-3-5-11(6-4-8)7-9(12)13;/h8H,2-7H2,1H3,(H,12,13);1H. The van der Waals surface area contributed by atoms with Gasteiger partial charge in [-0.05, 0) is 32.9 Å². The minimum Gasteiger partial charge on any atom is -0.480 e. The van der Waals surface area contributed by atoms with E-state index in [1.165, 1.54) is 0 Å². The van der Waals surface area contributed by atoms with Gasteiger partial charge in [-0.2, -0.15) is 0 Å². The van der Waals surface area contributed by atoms with Crippen molar-refractivity contribution in [3.63, 3.8) is 0 Å². The Bertz CT molecular complexity index is 239. The maximum absolute atomic E-state index is 11.4. The van der Waals surface area contributed by atoms with Gasteiger partial charge in [-0.25, -0.2) is 0 Å². The Hall–Kier alpha value is -0.810. The van der Waals surface area contributed by atoms with E-state index >= 15 is 0 Å². The van der Waals surface area contributed by atoms with Crippen LogP contribution >= 0.6 is 12.4 Å². The van der Waals surface area contributed by atoms with Crippen molar-refractivity contribution in [1.82, 2.24) is 4.90 Å². The quantitative estimate of drug-likeness (QED) is 0.748. The monoisotopic (exact) mass is 251 g/mol. The zero-order chi connectivity index (χ0) is 11.3. The van der Waals surface area contributed by atoms with Gasteiger partial charge in [0.1, 0.15) is 0 Å². The van der Waals surface area contributed by atoms with Gasteiger partial charge < -0.3 is 9.84 Å². The maximum Gasteiger partial charge on any atom is 0.317 e. The molecule has 0 saturated carbocycles. The summed E-state index contributed by atoms with van der Waals surface area (Å²) >= 11 is 0. The molecule has 1 N–H and O–H groups in total. The predicted octanol–water partition coefficient (Wildman–Crippen LogP) is 0.768. The molecule has 1 saturated heterocycles. The lowest BCUT2D eigenvalue weighted by molar-refractivity contribution is -0.149. The molecule has 0 aromatic rings. The lowest BCUT2D eigenvalue weighted by atomic mass is 9.97. The number of hydrogen-bond acceptors (Lipinski definition) is 4. The highest BCUT2D eigenvalue weighted by molar-refractivity contribution is 5.85. The summed E-state index contributed by atoms with van der Waals surface area (Å²) in [5.74, 6) is -1.01. The van der Waals surface area contributed by atoms with E-state index in [2.05, 4.69) is 0 Å². The van der Waals surface area contributed by atoms with Crippen LogP contribution in [-0.2, 0) is 14.3 Å². The van der Waals surface area contributed by atoms with Crippen LogP contribution in [0.25, 0.3) is 0 Å². The molecule has 1 heterocycles. The first-order chi connectivity index (χ1) is 7.13. The fraction of sp³-hybridized carbons (Fsp3) is 0.800. The molecule has 1 fully saturated rings. The second-order valence-electron chi connectivity index (χ2n) is 3.70. The summed E-state index contributed by atoms with van der Waals surface area (Å²) in [6.07, 6.45) is 1.40. The Labute approximate surface area is 101 Å². The summed E-state index contributed by atoms with van der Waals surface area (Å²) in [6, 6.07) is 0. The number of likely N-dealkylation sites (tertiary alicyclic amines) is 1. The molecule has 0 unspecified atom stereocenters. The number of carboxylic acid groups (broad SMARTS) is 1. The molecule has 0 spiro atoms. The largest absolute Gasteiger partial charge is 0.480 e. The van der Waals surface area contributed by atoms with Gasteiger partial charge in [0, 0.05) is 0 Å². The van der Waals surface area contributed by atoms with Gasteiger partial charge in [0.15, 0.2) is 0 Å². The lowest BCUT2D eigenvalue weighted by Crippen LogP contribution is -2.39.